The van der Waals surface area contributed by atoms with Gasteiger partial charge in [0.1, 0.15) is 5.82 Å². The first-order valence-corrected chi connectivity index (χ1v) is 12.0. The van der Waals surface area contributed by atoms with Gasteiger partial charge in [0.05, 0.1) is 33.1 Å². The molecule has 2 N–H and O–H groups in total. The van der Waals surface area contributed by atoms with Crippen LogP contribution < -0.4 is 5.32 Å². The fourth-order valence-corrected chi connectivity index (χ4v) is 4.51. The quantitative estimate of drug-likeness (QED) is 0.444. The molecule has 0 saturated carbocycles. The van der Waals surface area contributed by atoms with Gasteiger partial charge in [-0.25, -0.2) is 13.4 Å². The molecule has 1 atom stereocenters. The number of aromatic nitrogens is 2. The maximum atomic E-state index is 13.2. The van der Waals surface area contributed by atoms with E-state index >= 15 is 0 Å². The maximum absolute atomic E-state index is 13.2. The van der Waals surface area contributed by atoms with Crippen LogP contribution in [0.4, 0.5) is 10.1 Å². The summed E-state index contributed by atoms with van der Waals surface area (Å²) in [4.78, 5) is 12.9. The third kappa shape index (κ3) is 4.86. The van der Waals surface area contributed by atoms with Gasteiger partial charge in [-0.15, -0.1) is 0 Å². The summed E-state index contributed by atoms with van der Waals surface area (Å²) in [5.74, 6) is -0.518. The Kier molecular flexibility index (Phi) is 5.80. The minimum Gasteiger partial charge on any atom is -0.326 e. The lowest BCUT2D eigenvalue weighted by Gasteiger charge is -2.10. The van der Waals surface area contributed by atoms with Crippen molar-refractivity contribution in [1.29, 1.82) is 4.78 Å². The minimum absolute atomic E-state index is 0.206. The molecule has 32 heavy (non-hydrogen) atoms. The number of aryl methyl sites for hydroxylation is 1. The first-order chi connectivity index (χ1) is 15.2. The van der Waals surface area contributed by atoms with Gasteiger partial charge in [-0.1, -0.05) is 36.4 Å². The first-order valence-electron chi connectivity index (χ1n) is 10.0. The Morgan fingerprint density at radius 2 is 1.88 bits per heavy atom. The topological polar surface area (TPSA) is 87.8 Å². The Hall–Kier alpha value is -3.52. The second-order valence-electron chi connectivity index (χ2n) is 7.86. The Balaban J connectivity index is 1.65. The van der Waals surface area contributed by atoms with Crippen LogP contribution in [-0.4, -0.2) is 26.2 Å². The molecule has 0 aliphatic heterocycles. The van der Waals surface area contributed by atoms with E-state index < -0.39 is 9.73 Å². The van der Waals surface area contributed by atoms with Gasteiger partial charge in [0.15, 0.2) is 0 Å². The number of nitrogens with zero attached hydrogens (tertiary/aromatic N) is 2. The Labute approximate surface area is 186 Å². The summed E-state index contributed by atoms with van der Waals surface area (Å²) in [5.41, 5.74) is 3.78. The summed E-state index contributed by atoms with van der Waals surface area (Å²) in [6.45, 7) is 2.35. The Bertz CT molecular complexity index is 1410. The number of carbonyl (C=O) groups excluding carboxylic acids is 1. The molecule has 0 fully saturated rings. The summed E-state index contributed by atoms with van der Waals surface area (Å²) in [5, 5.41) is 7.97. The molecule has 0 bridgehead atoms. The molecular formula is C24H23FN4O2S. The summed E-state index contributed by atoms with van der Waals surface area (Å²) in [7, 11) is -3.07. The lowest BCUT2D eigenvalue weighted by atomic mass is 10.1. The van der Waals surface area contributed by atoms with E-state index in [9.17, 15) is 13.4 Å². The average molecular weight is 451 g/mol. The molecule has 0 spiro atoms. The number of nitrogens with one attached hydrogen (secondary N) is 2. The molecule has 0 aliphatic carbocycles. The predicted octanol–water partition coefficient (Wildman–Crippen LogP) is 4.75. The van der Waals surface area contributed by atoms with Crippen molar-refractivity contribution in [3.8, 4) is 0 Å². The highest BCUT2D eigenvalue weighted by Crippen LogP contribution is 2.28. The predicted molar refractivity (Wildman–Crippen MR) is 124 cm³/mol. The highest BCUT2D eigenvalue weighted by molar-refractivity contribution is 7.92. The highest BCUT2D eigenvalue weighted by Gasteiger charge is 2.16. The van der Waals surface area contributed by atoms with Crippen LogP contribution in [0, 0.1) is 17.5 Å². The van der Waals surface area contributed by atoms with Crippen LogP contribution in [0.25, 0.3) is 10.9 Å². The van der Waals surface area contributed by atoms with Crippen molar-refractivity contribution in [3.05, 3.63) is 89.4 Å². The molecule has 3 aromatic carbocycles. The van der Waals surface area contributed by atoms with Gasteiger partial charge in [0, 0.05) is 23.5 Å². The van der Waals surface area contributed by atoms with Gasteiger partial charge < -0.3 is 5.32 Å². The fraction of sp³-hybridized carbons (Fsp3) is 0.167. The van der Waals surface area contributed by atoms with Crippen molar-refractivity contribution in [2.24, 2.45) is 0 Å². The maximum Gasteiger partial charge on any atom is 0.228 e. The number of amides is 1. The van der Waals surface area contributed by atoms with E-state index in [4.69, 9.17) is 4.78 Å². The van der Waals surface area contributed by atoms with E-state index in [0.717, 1.165) is 16.7 Å². The number of rotatable bonds is 6. The SMILES string of the molecule is Cc1ccccc1CC(=O)Nc1cc([S@@](C)(=N)=O)c2cn(Cc3ccc(F)cc3)nc2c1. The van der Waals surface area contributed by atoms with Crippen molar-refractivity contribution < 1.29 is 13.4 Å². The van der Waals surface area contributed by atoms with E-state index in [2.05, 4.69) is 10.4 Å². The minimum atomic E-state index is -3.07. The Morgan fingerprint density at radius 1 is 1.16 bits per heavy atom. The molecule has 0 unspecified atom stereocenters. The number of fused-ring (bicyclic) bond motifs is 1. The van der Waals surface area contributed by atoms with E-state index in [-0.39, 0.29) is 18.1 Å². The Morgan fingerprint density at radius 3 is 2.56 bits per heavy atom. The van der Waals surface area contributed by atoms with Crippen molar-refractivity contribution in [1.82, 2.24) is 9.78 Å². The van der Waals surface area contributed by atoms with E-state index in [1.807, 2.05) is 31.2 Å². The molecule has 1 heterocycles. The number of hydrogen-bond donors (Lipinski definition) is 2. The molecule has 8 heteroatoms. The van der Waals surface area contributed by atoms with Crippen molar-refractivity contribution in [2.75, 3.05) is 11.6 Å². The highest BCUT2D eigenvalue weighted by atomic mass is 32.2. The summed E-state index contributed by atoms with van der Waals surface area (Å²) >= 11 is 0. The van der Waals surface area contributed by atoms with E-state index in [1.165, 1.54) is 18.4 Å². The number of halogens is 1. The fourth-order valence-electron chi connectivity index (χ4n) is 3.58. The zero-order valence-electron chi connectivity index (χ0n) is 17.8. The number of anilines is 1. The van der Waals surface area contributed by atoms with Crippen molar-refractivity contribution >= 4 is 32.2 Å². The van der Waals surface area contributed by atoms with Crippen molar-refractivity contribution in [2.45, 2.75) is 24.8 Å². The molecule has 4 rings (SSSR count). The number of carbonyl (C=O) groups is 1. The van der Waals surface area contributed by atoms with Gasteiger partial charge in [0.25, 0.3) is 0 Å². The third-order valence-electron chi connectivity index (χ3n) is 5.21. The molecule has 164 valence electrons. The lowest BCUT2D eigenvalue weighted by Crippen LogP contribution is -2.15. The lowest BCUT2D eigenvalue weighted by molar-refractivity contribution is -0.115. The molecule has 0 saturated heterocycles. The van der Waals surface area contributed by atoms with Crippen LogP contribution >= 0.6 is 0 Å². The van der Waals surface area contributed by atoms with Gasteiger partial charge in [-0.3, -0.25) is 9.48 Å². The first kappa shape index (κ1) is 21.7. The molecule has 0 aliphatic rings. The second kappa shape index (κ2) is 8.55. The number of benzene rings is 3. The smallest absolute Gasteiger partial charge is 0.228 e. The van der Waals surface area contributed by atoms with E-state index in [1.54, 1.807) is 35.1 Å². The molecule has 1 amide bonds. The van der Waals surface area contributed by atoms with Crippen LogP contribution in [-0.2, 0) is 27.5 Å². The molecule has 6 nitrogen and oxygen atoms in total. The summed E-state index contributed by atoms with van der Waals surface area (Å²) in [6.07, 6.45) is 3.28. The molecule has 0 radical (unpaired) electrons. The van der Waals surface area contributed by atoms with Gasteiger partial charge >= 0.3 is 0 Å². The standard InChI is InChI=1S/C24H23FN4O2S/c1-16-5-3-4-6-18(16)11-24(30)27-20-12-22-21(23(13-20)32(2,26)31)15-29(28-22)14-17-7-9-19(25)10-8-17/h3-10,12-13,15,26H,11,14H2,1-2H3,(H,27,30)/t32-/m0/s1. The average Bonchev–Trinajstić information content (AvgIpc) is 3.12. The van der Waals surface area contributed by atoms with Crippen LogP contribution in [0.1, 0.15) is 16.7 Å². The second-order valence-corrected chi connectivity index (χ2v) is 9.98. The zero-order valence-corrected chi connectivity index (χ0v) is 18.6. The molecular weight excluding hydrogens is 427 g/mol. The summed E-state index contributed by atoms with van der Waals surface area (Å²) < 4.78 is 35.6. The van der Waals surface area contributed by atoms with Gasteiger partial charge in [0.2, 0.25) is 5.91 Å². The van der Waals surface area contributed by atoms with Gasteiger partial charge in [-0.2, -0.15) is 5.10 Å². The molecule has 4 aromatic rings. The normalized spacial score (nSPS) is 13.1. The van der Waals surface area contributed by atoms with Crippen LogP contribution in [0.15, 0.2) is 71.8 Å². The van der Waals surface area contributed by atoms with E-state index in [0.29, 0.717) is 28.0 Å². The zero-order chi connectivity index (χ0) is 22.9. The van der Waals surface area contributed by atoms with Gasteiger partial charge in [-0.05, 0) is 47.9 Å². The monoisotopic (exact) mass is 450 g/mol. The molecule has 1 aromatic heterocycles. The number of hydrogen-bond acceptors (Lipinski definition) is 4. The van der Waals surface area contributed by atoms with Crippen LogP contribution in [0.2, 0.25) is 0 Å². The largest absolute Gasteiger partial charge is 0.326 e. The third-order valence-corrected chi connectivity index (χ3v) is 6.39. The van der Waals surface area contributed by atoms with Crippen LogP contribution in [0.3, 0.4) is 0 Å². The van der Waals surface area contributed by atoms with Crippen molar-refractivity contribution in [3.63, 3.8) is 0 Å². The van der Waals surface area contributed by atoms with Crippen LogP contribution in [0.5, 0.6) is 0 Å². The summed E-state index contributed by atoms with van der Waals surface area (Å²) in [6, 6.07) is 17.1.